The number of ether oxygens (including phenoxy) is 1. The minimum Gasteiger partial charge on any atom is -0.442 e. The van der Waals surface area contributed by atoms with Crippen LogP contribution in [-0.4, -0.2) is 31.3 Å². The van der Waals surface area contributed by atoms with Crippen molar-refractivity contribution in [1.82, 2.24) is 5.32 Å². The summed E-state index contributed by atoms with van der Waals surface area (Å²) in [6.07, 6.45) is -0.807. The zero-order valence-corrected chi connectivity index (χ0v) is 14.4. The molecule has 2 aromatic carbocycles. The van der Waals surface area contributed by atoms with Crippen molar-refractivity contribution in [3.05, 3.63) is 59.1 Å². The molecule has 0 saturated carbocycles. The van der Waals surface area contributed by atoms with Crippen LogP contribution in [0.25, 0.3) is 0 Å². The SMILES string of the molecule is Cc1ccc(N2CC(CNC(=O)Nc3ccc(Cl)cc3)OC2=O)cc1. The Kier molecular flexibility index (Phi) is 5.09. The van der Waals surface area contributed by atoms with E-state index in [0.29, 0.717) is 17.3 Å². The van der Waals surface area contributed by atoms with Gasteiger partial charge in [0.1, 0.15) is 6.10 Å². The zero-order valence-electron chi connectivity index (χ0n) is 13.7. The van der Waals surface area contributed by atoms with E-state index in [1.54, 1.807) is 29.2 Å². The predicted molar refractivity (Wildman–Crippen MR) is 97.3 cm³/mol. The molecule has 1 atom stereocenters. The number of carbonyl (C=O) groups is 2. The Balaban J connectivity index is 1.50. The number of anilines is 2. The van der Waals surface area contributed by atoms with E-state index in [2.05, 4.69) is 10.6 Å². The molecule has 3 rings (SSSR count). The van der Waals surface area contributed by atoms with Crippen LogP contribution < -0.4 is 15.5 Å². The van der Waals surface area contributed by atoms with Gasteiger partial charge in [-0.25, -0.2) is 9.59 Å². The summed E-state index contributed by atoms with van der Waals surface area (Å²) in [5.41, 5.74) is 2.53. The van der Waals surface area contributed by atoms with E-state index in [1.165, 1.54) is 0 Å². The summed E-state index contributed by atoms with van der Waals surface area (Å²) in [6.45, 7) is 2.61. The standard InChI is InChI=1S/C18H18ClN3O3/c1-12-2-8-15(9-3-12)22-11-16(25-18(22)24)10-20-17(23)21-14-6-4-13(19)5-7-14/h2-9,16H,10-11H2,1H3,(H2,20,21,23). The highest BCUT2D eigenvalue weighted by molar-refractivity contribution is 6.30. The molecule has 0 aromatic heterocycles. The second kappa shape index (κ2) is 7.44. The molecule has 1 unspecified atom stereocenters. The Hall–Kier alpha value is -2.73. The molecule has 1 saturated heterocycles. The van der Waals surface area contributed by atoms with Crippen LogP contribution in [0.2, 0.25) is 5.02 Å². The first-order valence-electron chi connectivity index (χ1n) is 7.86. The first-order chi connectivity index (χ1) is 12.0. The molecule has 1 heterocycles. The van der Waals surface area contributed by atoms with Gasteiger partial charge in [-0.05, 0) is 43.3 Å². The van der Waals surface area contributed by atoms with E-state index in [0.717, 1.165) is 11.3 Å². The summed E-state index contributed by atoms with van der Waals surface area (Å²) in [7, 11) is 0. The van der Waals surface area contributed by atoms with E-state index in [9.17, 15) is 9.59 Å². The summed E-state index contributed by atoms with van der Waals surface area (Å²) in [5, 5.41) is 5.99. The van der Waals surface area contributed by atoms with Crippen molar-refractivity contribution < 1.29 is 14.3 Å². The first-order valence-corrected chi connectivity index (χ1v) is 8.24. The van der Waals surface area contributed by atoms with E-state index >= 15 is 0 Å². The number of cyclic esters (lactones) is 1. The second-order valence-electron chi connectivity index (χ2n) is 5.79. The zero-order chi connectivity index (χ0) is 17.8. The summed E-state index contributed by atoms with van der Waals surface area (Å²) in [5.74, 6) is 0. The van der Waals surface area contributed by atoms with Crippen molar-refractivity contribution >= 4 is 35.1 Å². The second-order valence-corrected chi connectivity index (χ2v) is 6.23. The molecule has 2 aromatic rings. The number of hydrogen-bond donors (Lipinski definition) is 2. The van der Waals surface area contributed by atoms with Crippen molar-refractivity contribution in [2.75, 3.05) is 23.3 Å². The van der Waals surface area contributed by atoms with Gasteiger partial charge in [0.05, 0.1) is 13.1 Å². The summed E-state index contributed by atoms with van der Waals surface area (Å²) in [6, 6.07) is 14.0. The quantitative estimate of drug-likeness (QED) is 0.872. The number of nitrogens with one attached hydrogen (secondary N) is 2. The van der Waals surface area contributed by atoms with Crippen molar-refractivity contribution in [2.24, 2.45) is 0 Å². The molecule has 0 bridgehead atoms. The molecular weight excluding hydrogens is 342 g/mol. The first kappa shape index (κ1) is 17.1. The Bertz CT molecular complexity index is 762. The predicted octanol–water partition coefficient (Wildman–Crippen LogP) is 3.80. The van der Waals surface area contributed by atoms with Gasteiger partial charge >= 0.3 is 12.1 Å². The fourth-order valence-corrected chi connectivity index (χ4v) is 2.60. The molecule has 25 heavy (non-hydrogen) atoms. The number of rotatable bonds is 4. The average molecular weight is 360 g/mol. The monoisotopic (exact) mass is 359 g/mol. The molecular formula is C18H18ClN3O3. The molecule has 0 radical (unpaired) electrons. The molecule has 1 fully saturated rings. The smallest absolute Gasteiger partial charge is 0.414 e. The van der Waals surface area contributed by atoms with E-state index in [-0.39, 0.29) is 12.6 Å². The Morgan fingerprint density at radius 3 is 2.56 bits per heavy atom. The molecule has 1 aliphatic heterocycles. The minimum atomic E-state index is -0.409. The number of carbonyl (C=O) groups excluding carboxylic acids is 2. The van der Waals surface area contributed by atoms with Gasteiger partial charge in [0.15, 0.2) is 0 Å². The highest BCUT2D eigenvalue weighted by Crippen LogP contribution is 2.21. The molecule has 130 valence electrons. The van der Waals surface area contributed by atoms with Gasteiger partial charge in [-0.15, -0.1) is 0 Å². The van der Waals surface area contributed by atoms with E-state index in [4.69, 9.17) is 16.3 Å². The Morgan fingerprint density at radius 2 is 1.88 bits per heavy atom. The summed E-state index contributed by atoms with van der Waals surface area (Å²) in [4.78, 5) is 25.5. The molecule has 0 spiro atoms. The lowest BCUT2D eigenvalue weighted by Crippen LogP contribution is -2.37. The molecule has 2 N–H and O–H groups in total. The number of urea groups is 1. The summed E-state index contributed by atoms with van der Waals surface area (Å²) >= 11 is 5.80. The number of benzene rings is 2. The van der Waals surface area contributed by atoms with Crippen LogP contribution in [0.5, 0.6) is 0 Å². The molecule has 3 amide bonds. The van der Waals surface area contributed by atoms with Gasteiger partial charge in [-0.2, -0.15) is 0 Å². The average Bonchev–Trinajstić information content (AvgIpc) is 2.97. The topological polar surface area (TPSA) is 70.7 Å². The molecule has 6 nitrogen and oxygen atoms in total. The molecule has 7 heteroatoms. The number of halogens is 1. The van der Waals surface area contributed by atoms with Gasteiger partial charge in [-0.3, -0.25) is 4.90 Å². The van der Waals surface area contributed by atoms with Crippen LogP contribution in [-0.2, 0) is 4.74 Å². The largest absolute Gasteiger partial charge is 0.442 e. The van der Waals surface area contributed by atoms with Crippen LogP contribution in [0.3, 0.4) is 0 Å². The number of aryl methyl sites for hydroxylation is 1. The van der Waals surface area contributed by atoms with Gasteiger partial charge in [0, 0.05) is 16.4 Å². The number of amides is 3. The fraction of sp³-hybridized carbons (Fsp3) is 0.222. The maximum absolute atomic E-state index is 12.0. The van der Waals surface area contributed by atoms with Gasteiger partial charge in [0.2, 0.25) is 0 Å². The highest BCUT2D eigenvalue weighted by atomic mass is 35.5. The number of nitrogens with zero attached hydrogens (tertiary/aromatic N) is 1. The van der Waals surface area contributed by atoms with Crippen molar-refractivity contribution in [2.45, 2.75) is 13.0 Å². The minimum absolute atomic E-state index is 0.230. The van der Waals surface area contributed by atoms with Gasteiger partial charge in [0.25, 0.3) is 0 Å². The molecule has 0 aliphatic carbocycles. The highest BCUT2D eigenvalue weighted by Gasteiger charge is 2.32. The normalized spacial score (nSPS) is 16.5. The van der Waals surface area contributed by atoms with Gasteiger partial charge in [-0.1, -0.05) is 29.3 Å². The summed E-state index contributed by atoms with van der Waals surface area (Å²) < 4.78 is 5.30. The van der Waals surface area contributed by atoms with E-state index < -0.39 is 12.2 Å². The molecule has 1 aliphatic rings. The van der Waals surface area contributed by atoms with E-state index in [1.807, 2.05) is 31.2 Å². The lowest BCUT2D eigenvalue weighted by molar-refractivity contribution is 0.141. The fourth-order valence-electron chi connectivity index (χ4n) is 2.48. The van der Waals surface area contributed by atoms with Gasteiger partial charge < -0.3 is 15.4 Å². The maximum atomic E-state index is 12.0. The van der Waals surface area contributed by atoms with Crippen LogP contribution in [0.15, 0.2) is 48.5 Å². The Labute approximate surface area is 150 Å². The third-order valence-corrected chi connectivity index (χ3v) is 4.06. The lowest BCUT2D eigenvalue weighted by Gasteiger charge is -2.13. The number of hydrogen-bond acceptors (Lipinski definition) is 3. The van der Waals surface area contributed by atoms with Crippen molar-refractivity contribution in [1.29, 1.82) is 0 Å². The van der Waals surface area contributed by atoms with Crippen LogP contribution in [0.4, 0.5) is 21.0 Å². The van der Waals surface area contributed by atoms with Crippen LogP contribution >= 0.6 is 11.6 Å². The van der Waals surface area contributed by atoms with Crippen LogP contribution in [0.1, 0.15) is 5.56 Å². The Morgan fingerprint density at radius 1 is 1.20 bits per heavy atom. The van der Waals surface area contributed by atoms with Crippen molar-refractivity contribution in [3.63, 3.8) is 0 Å². The lowest BCUT2D eigenvalue weighted by atomic mass is 10.2. The van der Waals surface area contributed by atoms with Crippen LogP contribution in [0, 0.1) is 6.92 Å². The third kappa shape index (κ3) is 4.42. The maximum Gasteiger partial charge on any atom is 0.414 e. The third-order valence-electron chi connectivity index (χ3n) is 3.81. The van der Waals surface area contributed by atoms with Crippen molar-refractivity contribution in [3.8, 4) is 0 Å².